The van der Waals surface area contributed by atoms with Crippen LogP contribution in [0, 0.1) is 5.82 Å². The Morgan fingerprint density at radius 3 is 2.94 bits per heavy atom. The van der Waals surface area contributed by atoms with Gasteiger partial charge in [-0.05, 0) is 19.4 Å². The molecule has 0 aliphatic heterocycles. The van der Waals surface area contributed by atoms with E-state index in [-0.39, 0.29) is 11.1 Å². The van der Waals surface area contributed by atoms with Crippen molar-refractivity contribution in [3.05, 3.63) is 23.0 Å². The lowest BCUT2D eigenvalue weighted by Gasteiger charge is -2.15. The van der Waals surface area contributed by atoms with Crippen molar-refractivity contribution in [2.75, 3.05) is 19.5 Å². The number of hydrogen-bond donors (Lipinski definition) is 1. The molecule has 6 heteroatoms. The monoisotopic (exact) mass is 271 g/mol. The third-order valence-corrected chi connectivity index (χ3v) is 3.23. The minimum atomic E-state index is -0.468. The van der Waals surface area contributed by atoms with Crippen LogP contribution in [-0.2, 0) is 4.74 Å². The van der Waals surface area contributed by atoms with Crippen molar-refractivity contribution in [3.8, 4) is 0 Å². The number of rotatable bonds is 4. The van der Waals surface area contributed by atoms with E-state index in [4.69, 9.17) is 22.1 Å². The van der Waals surface area contributed by atoms with E-state index < -0.39 is 5.82 Å². The molecule has 2 rings (SSSR count). The van der Waals surface area contributed by atoms with Gasteiger partial charge in [0.05, 0.1) is 16.1 Å². The van der Waals surface area contributed by atoms with Crippen LogP contribution >= 0.6 is 11.6 Å². The summed E-state index contributed by atoms with van der Waals surface area (Å²) in [4.78, 5) is 4.19. The van der Waals surface area contributed by atoms with Crippen LogP contribution in [0.3, 0.4) is 0 Å². The molecule has 1 atom stereocenters. The van der Waals surface area contributed by atoms with Crippen molar-refractivity contribution in [2.45, 2.75) is 19.4 Å². The van der Waals surface area contributed by atoms with Crippen LogP contribution in [0.2, 0.25) is 5.02 Å². The molecule has 0 aliphatic carbocycles. The molecule has 0 spiro atoms. The molecule has 0 aliphatic rings. The van der Waals surface area contributed by atoms with Gasteiger partial charge in [0.15, 0.2) is 0 Å². The summed E-state index contributed by atoms with van der Waals surface area (Å²) in [5, 5.41) is 0.0525. The number of nitrogens with two attached hydrogens (primary N) is 1. The maximum atomic E-state index is 13.5. The number of nitrogens with zero attached hydrogens (tertiary/aromatic N) is 2. The fourth-order valence-corrected chi connectivity index (χ4v) is 2.15. The van der Waals surface area contributed by atoms with Gasteiger partial charge in [-0.25, -0.2) is 9.37 Å². The molecule has 0 saturated heterocycles. The molecular formula is C12H15ClFN3O. The van der Waals surface area contributed by atoms with E-state index in [9.17, 15) is 4.39 Å². The SMILES string of the molecule is COCCC(C)n1c(N)nc2cc(Cl)c(F)cc21. The largest absolute Gasteiger partial charge is 0.385 e. The Bertz CT molecular complexity index is 570. The zero-order valence-corrected chi connectivity index (χ0v) is 11.0. The fourth-order valence-electron chi connectivity index (χ4n) is 1.99. The summed E-state index contributed by atoms with van der Waals surface area (Å²) in [7, 11) is 1.64. The Morgan fingerprint density at radius 1 is 1.56 bits per heavy atom. The van der Waals surface area contributed by atoms with Crippen LogP contribution in [0.5, 0.6) is 0 Å². The quantitative estimate of drug-likeness (QED) is 0.930. The van der Waals surface area contributed by atoms with E-state index in [1.54, 1.807) is 11.7 Å². The van der Waals surface area contributed by atoms with Crippen LogP contribution in [0.25, 0.3) is 11.0 Å². The Kier molecular flexibility index (Phi) is 3.73. The molecule has 18 heavy (non-hydrogen) atoms. The van der Waals surface area contributed by atoms with E-state index in [1.807, 2.05) is 6.92 Å². The van der Waals surface area contributed by atoms with Crippen molar-refractivity contribution >= 4 is 28.6 Å². The molecule has 0 amide bonds. The van der Waals surface area contributed by atoms with Crippen molar-refractivity contribution in [2.24, 2.45) is 0 Å². The standard InChI is InChI=1S/C12H15ClFN3O/c1-7(3-4-18-2)17-11-6-9(14)8(13)5-10(11)16-12(17)15/h5-7H,3-4H2,1-2H3,(H2,15,16). The Hall–Kier alpha value is -1.33. The summed E-state index contributed by atoms with van der Waals surface area (Å²) in [6, 6.07) is 2.93. The molecule has 1 aromatic carbocycles. The second-order valence-electron chi connectivity index (χ2n) is 4.23. The van der Waals surface area contributed by atoms with E-state index >= 15 is 0 Å². The first kappa shape index (κ1) is 13.1. The first-order valence-corrected chi connectivity index (χ1v) is 6.03. The molecule has 2 aromatic rings. The summed E-state index contributed by atoms with van der Waals surface area (Å²) in [6.07, 6.45) is 0.774. The minimum Gasteiger partial charge on any atom is -0.385 e. The third-order valence-electron chi connectivity index (χ3n) is 2.94. The predicted octanol–water partition coefficient (Wildman–Crippen LogP) is 3.01. The number of aromatic nitrogens is 2. The molecule has 0 radical (unpaired) electrons. The molecule has 0 fully saturated rings. The molecule has 2 N–H and O–H groups in total. The van der Waals surface area contributed by atoms with Gasteiger partial charge in [-0.2, -0.15) is 0 Å². The summed E-state index contributed by atoms with van der Waals surface area (Å²) in [6.45, 7) is 2.60. The molecule has 1 unspecified atom stereocenters. The van der Waals surface area contributed by atoms with Gasteiger partial charge in [-0.15, -0.1) is 0 Å². The Morgan fingerprint density at radius 2 is 2.28 bits per heavy atom. The third kappa shape index (κ3) is 2.28. The zero-order chi connectivity index (χ0) is 13.3. The average Bonchev–Trinajstić information content (AvgIpc) is 2.62. The van der Waals surface area contributed by atoms with E-state index in [0.29, 0.717) is 23.6 Å². The van der Waals surface area contributed by atoms with Gasteiger partial charge in [-0.3, -0.25) is 0 Å². The highest BCUT2D eigenvalue weighted by Gasteiger charge is 2.15. The van der Waals surface area contributed by atoms with Gasteiger partial charge in [0, 0.05) is 25.8 Å². The van der Waals surface area contributed by atoms with Crippen LogP contribution in [0.15, 0.2) is 12.1 Å². The lowest BCUT2D eigenvalue weighted by atomic mass is 10.2. The number of fused-ring (bicyclic) bond motifs is 1. The second kappa shape index (κ2) is 5.12. The molecule has 0 bridgehead atoms. The normalized spacial score (nSPS) is 13.1. The fraction of sp³-hybridized carbons (Fsp3) is 0.417. The van der Waals surface area contributed by atoms with Gasteiger partial charge >= 0.3 is 0 Å². The second-order valence-corrected chi connectivity index (χ2v) is 4.63. The van der Waals surface area contributed by atoms with Crippen LogP contribution in [0.1, 0.15) is 19.4 Å². The minimum absolute atomic E-state index is 0.0525. The molecular weight excluding hydrogens is 257 g/mol. The van der Waals surface area contributed by atoms with Gasteiger partial charge in [0.25, 0.3) is 0 Å². The predicted molar refractivity (Wildman–Crippen MR) is 70.3 cm³/mol. The number of halogens is 2. The maximum Gasteiger partial charge on any atom is 0.201 e. The molecule has 0 saturated carbocycles. The van der Waals surface area contributed by atoms with Gasteiger partial charge in [-0.1, -0.05) is 11.6 Å². The molecule has 1 aromatic heterocycles. The number of ether oxygens (including phenoxy) is 1. The number of benzene rings is 1. The number of methoxy groups -OCH3 is 1. The molecule has 4 nitrogen and oxygen atoms in total. The average molecular weight is 272 g/mol. The Balaban J connectivity index is 2.49. The Labute approximate surface area is 109 Å². The zero-order valence-electron chi connectivity index (χ0n) is 10.3. The van der Waals surface area contributed by atoms with Crippen LogP contribution in [-0.4, -0.2) is 23.3 Å². The lowest BCUT2D eigenvalue weighted by molar-refractivity contribution is 0.182. The van der Waals surface area contributed by atoms with Crippen molar-refractivity contribution in [3.63, 3.8) is 0 Å². The maximum absolute atomic E-state index is 13.5. The van der Waals surface area contributed by atoms with Crippen LogP contribution < -0.4 is 5.73 Å². The first-order valence-electron chi connectivity index (χ1n) is 5.66. The number of hydrogen-bond acceptors (Lipinski definition) is 3. The number of imidazole rings is 1. The summed E-state index contributed by atoms with van der Waals surface area (Å²) >= 11 is 5.73. The molecule has 98 valence electrons. The smallest absolute Gasteiger partial charge is 0.201 e. The topological polar surface area (TPSA) is 53.1 Å². The van der Waals surface area contributed by atoms with Crippen molar-refractivity contribution in [1.29, 1.82) is 0 Å². The van der Waals surface area contributed by atoms with Gasteiger partial charge in [0.2, 0.25) is 5.95 Å². The summed E-state index contributed by atoms with van der Waals surface area (Å²) in [5.74, 6) is -0.112. The van der Waals surface area contributed by atoms with Gasteiger partial charge in [0.1, 0.15) is 5.82 Å². The molecule has 1 heterocycles. The summed E-state index contributed by atoms with van der Waals surface area (Å²) in [5.41, 5.74) is 7.12. The van der Waals surface area contributed by atoms with Gasteiger partial charge < -0.3 is 15.0 Å². The highest BCUT2D eigenvalue weighted by Crippen LogP contribution is 2.28. The first-order chi connectivity index (χ1) is 8.54. The summed E-state index contributed by atoms with van der Waals surface area (Å²) < 4.78 is 20.3. The van der Waals surface area contributed by atoms with Crippen molar-refractivity contribution in [1.82, 2.24) is 9.55 Å². The highest BCUT2D eigenvalue weighted by atomic mass is 35.5. The van der Waals surface area contributed by atoms with E-state index in [2.05, 4.69) is 4.98 Å². The number of nitrogen functional groups attached to an aromatic ring is 1. The highest BCUT2D eigenvalue weighted by molar-refractivity contribution is 6.31. The lowest BCUT2D eigenvalue weighted by Crippen LogP contribution is -2.11. The van der Waals surface area contributed by atoms with E-state index in [1.165, 1.54) is 12.1 Å². The van der Waals surface area contributed by atoms with E-state index in [0.717, 1.165) is 6.42 Å². The van der Waals surface area contributed by atoms with Crippen molar-refractivity contribution < 1.29 is 9.13 Å². The van der Waals surface area contributed by atoms with Crippen LogP contribution in [0.4, 0.5) is 10.3 Å². The number of anilines is 1.